The number of ether oxygens (including phenoxy) is 3. The van der Waals surface area contributed by atoms with Gasteiger partial charge in [0.1, 0.15) is 18.2 Å². The van der Waals surface area contributed by atoms with Gasteiger partial charge in [-0.15, -0.1) is 0 Å². The maximum atomic E-state index is 15.0. The highest BCUT2D eigenvalue weighted by Crippen LogP contribution is 2.42. The molecule has 0 bridgehead atoms. The van der Waals surface area contributed by atoms with Gasteiger partial charge in [-0.05, 0) is 24.0 Å². The smallest absolute Gasteiger partial charge is 0.254 e. The molecule has 1 N–H and O–H groups in total. The second kappa shape index (κ2) is 11.9. The Morgan fingerprint density at radius 2 is 1.74 bits per heavy atom. The molecule has 3 aromatic carbocycles. The van der Waals surface area contributed by atoms with E-state index in [1.54, 1.807) is 4.57 Å². The van der Waals surface area contributed by atoms with E-state index in [4.69, 9.17) is 19.2 Å². The van der Waals surface area contributed by atoms with Crippen molar-refractivity contribution in [2.75, 3.05) is 13.9 Å². The molecule has 2 unspecified atom stereocenters. The summed E-state index contributed by atoms with van der Waals surface area (Å²) >= 11 is 0. The molecule has 0 saturated heterocycles. The molecule has 2 aliphatic rings. The van der Waals surface area contributed by atoms with Crippen LogP contribution in [0.1, 0.15) is 55.2 Å². The Hall–Kier alpha value is -4.24. The van der Waals surface area contributed by atoms with Gasteiger partial charge in [0.25, 0.3) is 5.91 Å². The third-order valence-corrected chi connectivity index (χ3v) is 8.18. The van der Waals surface area contributed by atoms with Crippen molar-refractivity contribution in [1.82, 2.24) is 14.9 Å². The van der Waals surface area contributed by atoms with Gasteiger partial charge in [-0.1, -0.05) is 79.9 Å². The summed E-state index contributed by atoms with van der Waals surface area (Å²) in [4.78, 5) is 19.7. The number of imidazole rings is 1. The Bertz CT molecular complexity index is 1590. The van der Waals surface area contributed by atoms with Crippen LogP contribution in [0.5, 0.6) is 0 Å². The predicted octanol–water partition coefficient (Wildman–Crippen LogP) is 6.28. The molecular weight excluding hydrogens is 540 g/mol. The number of methoxy groups -OCH3 is 1. The first-order valence-corrected chi connectivity index (χ1v) is 14.3. The van der Waals surface area contributed by atoms with E-state index in [2.05, 4.69) is 5.32 Å². The summed E-state index contributed by atoms with van der Waals surface area (Å²) in [5.41, 5.74) is 0.389. The minimum atomic E-state index is -1.62. The fourth-order valence-corrected chi connectivity index (χ4v) is 6.16. The summed E-state index contributed by atoms with van der Waals surface area (Å²) in [7, 11) is 1.54. The number of benzene rings is 3. The first-order chi connectivity index (χ1) is 20.5. The van der Waals surface area contributed by atoms with Gasteiger partial charge < -0.3 is 24.1 Å². The second-order valence-electron chi connectivity index (χ2n) is 10.8. The van der Waals surface area contributed by atoms with Crippen LogP contribution < -0.4 is 5.32 Å². The number of hydrogen-bond donors (Lipinski definition) is 1. The lowest BCUT2D eigenvalue weighted by Crippen LogP contribution is -2.55. The number of hydrogen-bond acceptors (Lipinski definition) is 5. The van der Waals surface area contributed by atoms with Crippen molar-refractivity contribution in [2.45, 2.75) is 56.2 Å². The van der Waals surface area contributed by atoms with E-state index < -0.39 is 23.3 Å². The van der Waals surface area contributed by atoms with Gasteiger partial charge in [-0.2, -0.15) is 0 Å². The maximum Gasteiger partial charge on any atom is 0.254 e. The molecule has 1 fully saturated rings. The van der Waals surface area contributed by atoms with Gasteiger partial charge >= 0.3 is 0 Å². The highest BCUT2D eigenvalue weighted by Gasteiger charge is 2.51. The van der Waals surface area contributed by atoms with Crippen molar-refractivity contribution >= 4 is 16.9 Å². The molecule has 1 aliphatic heterocycles. The largest absolute Gasteiger partial charge is 0.461 e. The van der Waals surface area contributed by atoms with Crippen LogP contribution in [0.15, 0.2) is 84.8 Å². The van der Waals surface area contributed by atoms with Crippen LogP contribution in [0.2, 0.25) is 0 Å². The van der Waals surface area contributed by atoms with Crippen molar-refractivity contribution in [2.24, 2.45) is 0 Å². The van der Waals surface area contributed by atoms with Crippen LogP contribution in [-0.2, 0) is 31.0 Å². The molecule has 1 saturated carbocycles. The molecule has 1 aliphatic carbocycles. The molecule has 4 aromatic rings. The molecule has 1 amide bonds. The van der Waals surface area contributed by atoms with Gasteiger partial charge in [0.05, 0.1) is 11.0 Å². The first kappa shape index (κ1) is 27.9. The minimum Gasteiger partial charge on any atom is -0.461 e. The highest BCUT2D eigenvalue weighted by atomic mass is 19.2. The summed E-state index contributed by atoms with van der Waals surface area (Å²) in [6.45, 7) is -0.0834. The minimum absolute atomic E-state index is 0.0379. The molecule has 2 atom stereocenters. The number of nitrogens with zero attached hydrogens (tertiary/aromatic N) is 2. The molecule has 6 rings (SSSR count). The van der Waals surface area contributed by atoms with Crippen molar-refractivity contribution in [1.29, 1.82) is 0 Å². The Morgan fingerprint density at radius 1 is 1.05 bits per heavy atom. The maximum absolute atomic E-state index is 15.0. The molecule has 218 valence electrons. The monoisotopic (exact) mass is 573 g/mol. The Morgan fingerprint density at radius 3 is 2.40 bits per heavy atom. The average molecular weight is 574 g/mol. The van der Waals surface area contributed by atoms with Crippen molar-refractivity contribution < 1.29 is 27.8 Å². The Balaban J connectivity index is 1.66. The standard InChI is InChI=1S/C33H33F2N3O4/c1-40-30(23-13-7-3-8-14-23)31-37-27-17-25(34)26(35)18-28(27)38(31)33(29-20-41-21-42-29,19-22-11-5-2-6-12-22)32(39)36-24-15-9-4-10-16-24/h2-3,5-8,11-14,17-18,20,24,30H,4,9-10,15-16,19,21H2,1H3,(H,36,39). The fraction of sp³-hybridized carbons (Fsp3) is 0.333. The molecule has 9 heteroatoms. The molecule has 0 spiro atoms. The predicted molar refractivity (Wildman–Crippen MR) is 153 cm³/mol. The van der Waals surface area contributed by atoms with Gasteiger partial charge in [0.15, 0.2) is 22.9 Å². The first-order valence-electron chi connectivity index (χ1n) is 14.3. The zero-order valence-corrected chi connectivity index (χ0v) is 23.4. The molecular formula is C33H33F2N3O4. The van der Waals surface area contributed by atoms with E-state index in [0.717, 1.165) is 55.4 Å². The number of amides is 1. The molecule has 42 heavy (non-hydrogen) atoms. The average Bonchev–Trinajstić information content (AvgIpc) is 3.68. The number of fused-ring (bicyclic) bond motifs is 1. The lowest BCUT2D eigenvalue weighted by molar-refractivity contribution is -0.131. The van der Waals surface area contributed by atoms with E-state index in [-0.39, 0.29) is 42.0 Å². The number of halogens is 2. The molecule has 2 heterocycles. The topological polar surface area (TPSA) is 74.6 Å². The Kier molecular flexibility index (Phi) is 7.93. The number of aromatic nitrogens is 2. The summed E-state index contributed by atoms with van der Waals surface area (Å²) in [5.74, 6) is -1.89. The fourth-order valence-electron chi connectivity index (χ4n) is 6.16. The van der Waals surface area contributed by atoms with Gasteiger partial charge in [-0.25, -0.2) is 13.8 Å². The lowest BCUT2D eigenvalue weighted by atomic mass is 9.85. The normalized spacial score (nSPS) is 17.6. The Labute approximate surface area is 243 Å². The quantitative estimate of drug-likeness (QED) is 0.255. The van der Waals surface area contributed by atoms with Crippen molar-refractivity contribution in [3.63, 3.8) is 0 Å². The summed E-state index contributed by atoms with van der Waals surface area (Å²) in [5, 5.41) is 3.29. The lowest BCUT2D eigenvalue weighted by Gasteiger charge is -2.38. The van der Waals surface area contributed by atoms with Gasteiger partial charge in [0, 0.05) is 31.7 Å². The van der Waals surface area contributed by atoms with E-state index in [9.17, 15) is 13.6 Å². The van der Waals surface area contributed by atoms with Crippen LogP contribution in [0, 0.1) is 11.6 Å². The van der Waals surface area contributed by atoms with Crippen LogP contribution in [0.3, 0.4) is 0 Å². The summed E-state index contributed by atoms with van der Waals surface area (Å²) < 4.78 is 48.8. The van der Waals surface area contributed by atoms with Crippen molar-refractivity contribution in [3.8, 4) is 0 Å². The van der Waals surface area contributed by atoms with Crippen molar-refractivity contribution in [3.05, 3.63) is 113 Å². The number of carbonyl (C=O) groups is 1. The highest BCUT2D eigenvalue weighted by molar-refractivity contribution is 5.91. The summed E-state index contributed by atoms with van der Waals surface area (Å²) in [6, 6.07) is 21.0. The van der Waals surface area contributed by atoms with E-state index in [1.165, 1.54) is 13.4 Å². The van der Waals surface area contributed by atoms with Crippen LogP contribution in [0.4, 0.5) is 8.78 Å². The zero-order chi connectivity index (χ0) is 29.1. The number of carbonyl (C=O) groups excluding carboxylic acids is 1. The molecule has 1 aromatic heterocycles. The van der Waals surface area contributed by atoms with E-state index in [0.29, 0.717) is 5.82 Å². The third-order valence-electron chi connectivity index (χ3n) is 8.18. The van der Waals surface area contributed by atoms with Gasteiger partial charge in [-0.3, -0.25) is 4.79 Å². The number of nitrogens with one attached hydrogen (secondary N) is 1. The zero-order valence-electron chi connectivity index (χ0n) is 23.4. The van der Waals surface area contributed by atoms with E-state index in [1.807, 2.05) is 60.7 Å². The van der Waals surface area contributed by atoms with Crippen LogP contribution >= 0.6 is 0 Å². The third kappa shape index (κ3) is 5.13. The van der Waals surface area contributed by atoms with E-state index >= 15 is 0 Å². The van der Waals surface area contributed by atoms with Crippen LogP contribution in [0.25, 0.3) is 11.0 Å². The molecule has 7 nitrogen and oxygen atoms in total. The van der Waals surface area contributed by atoms with Crippen LogP contribution in [-0.4, -0.2) is 35.4 Å². The van der Waals surface area contributed by atoms with Gasteiger partial charge in [0.2, 0.25) is 6.79 Å². The second-order valence-corrected chi connectivity index (χ2v) is 10.8. The number of rotatable bonds is 9. The summed E-state index contributed by atoms with van der Waals surface area (Å²) in [6.07, 6.45) is 5.65. The SMILES string of the molecule is COC(c1ccccc1)c1nc2cc(F)c(F)cc2n1C(Cc1ccccc1)(C(=O)NC1CCCCC1)C1=COCO1. The molecule has 0 radical (unpaired) electrons.